The van der Waals surface area contributed by atoms with E-state index in [-0.39, 0.29) is 18.2 Å². The number of hydrogen-bond donors (Lipinski definition) is 0. The standard InChI is InChI=1S/C15H17NO3S/c17-13-11-16(8-7-15(13)6-2-9-19-15)14(18)5-4-12-3-1-10-20-12/h1,3-5,10H,2,6-9,11H2/b5-4+/t15-/m0/s1. The van der Waals surface area contributed by atoms with E-state index in [9.17, 15) is 9.59 Å². The molecule has 2 aliphatic heterocycles. The molecule has 3 rings (SSSR count). The van der Waals surface area contributed by atoms with Crippen LogP contribution in [0.4, 0.5) is 0 Å². The number of rotatable bonds is 2. The van der Waals surface area contributed by atoms with E-state index in [0.717, 1.165) is 17.7 Å². The highest BCUT2D eigenvalue weighted by Gasteiger charge is 2.46. The summed E-state index contributed by atoms with van der Waals surface area (Å²) >= 11 is 1.58. The van der Waals surface area contributed by atoms with Crippen LogP contribution in [-0.2, 0) is 14.3 Å². The third-order valence-electron chi connectivity index (χ3n) is 3.98. The van der Waals surface area contributed by atoms with Crippen LogP contribution in [0.2, 0.25) is 0 Å². The van der Waals surface area contributed by atoms with Crippen molar-refractivity contribution in [3.8, 4) is 0 Å². The monoisotopic (exact) mass is 291 g/mol. The maximum Gasteiger partial charge on any atom is 0.247 e. The number of nitrogens with zero attached hydrogens (tertiary/aromatic N) is 1. The average Bonchev–Trinajstić information content (AvgIpc) is 3.11. The molecule has 0 bridgehead atoms. The maximum absolute atomic E-state index is 12.2. The van der Waals surface area contributed by atoms with Crippen molar-refractivity contribution in [3.05, 3.63) is 28.5 Å². The van der Waals surface area contributed by atoms with Gasteiger partial charge in [-0.3, -0.25) is 9.59 Å². The van der Waals surface area contributed by atoms with Crippen molar-refractivity contribution in [1.29, 1.82) is 0 Å². The quantitative estimate of drug-likeness (QED) is 0.784. The summed E-state index contributed by atoms with van der Waals surface area (Å²) < 4.78 is 5.64. The smallest absolute Gasteiger partial charge is 0.247 e. The van der Waals surface area contributed by atoms with Crippen molar-refractivity contribution in [2.45, 2.75) is 24.9 Å². The number of piperidine rings is 1. The van der Waals surface area contributed by atoms with Gasteiger partial charge in [-0.2, -0.15) is 0 Å². The normalized spacial score (nSPS) is 26.8. The number of ether oxygens (including phenoxy) is 1. The molecule has 2 aliphatic rings. The molecule has 0 unspecified atom stereocenters. The molecule has 20 heavy (non-hydrogen) atoms. The summed E-state index contributed by atoms with van der Waals surface area (Å²) in [5.74, 6) is -0.0429. The number of carbonyl (C=O) groups is 2. The summed E-state index contributed by atoms with van der Waals surface area (Å²) in [5, 5.41) is 1.97. The zero-order valence-electron chi connectivity index (χ0n) is 11.2. The van der Waals surface area contributed by atoms with E-state index >= 15 is 0 Å². The van der Waals surface area contributed by atoms with E-state index in [1.165, 1.54) is 0 Å². The van der Waals surface area contributed by atoms with Gasteiger partial charge in [0.2, 0.25) is 5.91 Å². The Labute approximate surface area is 122 Å². The minimum atomic E-state index is -0.589. The van der Waals surface area contributed by atoms with Gasteiger partial charge >= 0.3 is 0 Å². The maximum atomic E-state index is 12.2. The Hall–Kier alpha value is -1.46. The molecule has 3 heterocycles. The number of Topliss-reactive ketones (excluding diaryl/α,β-unsaturated/α-hetero) is 1. The van der Waals surface area contributed by atoms with Crippen molar-refractivity contribution < 1.29 is 14.3 Å². The van der Waals surface area contributed by atoms with E-state index in [1.807, 2.05) is 17.5 Å². The molecule has 0 aromatic carbocycles. The van der Waals surface area contributed by atoms with Crippen LogP contribution >= 0.6 is 11.3 Å². The molecule has 5 heteroatoms. The molecule has 2 saturated heterocycles. The van der Waals surface area contributed by atoms with Gasteiger partial charge in [-0.05, 0) is 30.4 Å². The van der Waals surface area contributed by atoms with Gasteiger partial charge in [0.25, 0.3) is 0 Å². The van der Waals surface area contributed by atoms with Gasteiger partial charge in [0.15, 0.2) is 5.78 Å². The second-order valence-electron chi connectivity index (χ2n) is 5.23. The first-order valence-corrected chi connectivity index (χ1v) is 7.75. The largest absolute Gasteiger partial charge is 0.367 e. The molecule has 1 spiro atoms. The van der Waals surface area contributed by atoms with Crippen LogP contribution in [-0.4, -0.2) is 41.9 Å². The molecule has 1 amide bonds. The molecule has 1 atom stereocenters. The summed E-state index contributed by atoms with van der Waals surface area (Å²) in [6.45, 7) is 1.44. The minimum Gasteiger partial charge on any atom is -0.367 e. The van der Waals surface area contributed by atoms with Crippen molar-refractivity contribution in [1.82, 2.24) is 4.90 Å². The summed E-state index contributed by atoms with van der Waals surface area (Å²) in [4.78, 5) is 27.0. The summed E-state index contributed by atoms with van der Waals surface area (Å²) in [7, 11) is 0. The number of likely N-dealkylation sites (tertiary alicyclic amines) is 1. The molecule has 4 nitrogen and oxygen atoms in total. The van der Waals surface area contributed by atoms with Gasteiger partial charge in [0.1, 0.15) is 5.60 Å². The van der Waals surface area contributed by atoms with E-state index in [4.69, 9.17) is 4.74 Å². The SMILES string of the molecule is O=C(/C=C/c1cccs1)N1CC[C@@]2(CCCO2)C(=O)C1. The Kier molecular flexibility index (Phi) is 3.72. The van der Waals surface area contributed by atoms with Gasteiger partial charge in [0, 0.05) is 30.5 Å². The molecule has 0 N–H and O–H groups in total. The first kappa shape index (κ1) is 13.5. The van der Waals surface area contributed by atoms with Gasteiger partial charge in [0.05, 0.1) is 6.54 Å². The lowest BCUT2D eigenvalue weighted by Crippen LogP contribution is -2.53. The lowest BCUT2D eigenvalue weighted by molar-refractivity contribution is -0.151. The van der Waals surface area contributed by atoms with Crippen LogP contribution in [0.5, 0.6) is 0 Å². The Morgan fingerprint density at radius 2 is 2.35 bits per heavy atom. The molecule has 0 radical (unpaired) electrons. The molecular weight excluding hydrogens is 274 g/mol. The van der Waals surface area contributed by atoms with Gasteiger partial charge in [-0.15, -0.1) is 11.3 Å². The fraction of sp³-hybridized carbons (Fsp3) is 0.467. The summed E-state index contributed by atoms with van der Waals surface area (Å²) in [6.07, 6.45) is 5.72. The number of hydrogen-bond acceptors (Lipinski definition) is 4. The van der Waals surface area contributed by atoms with E-state index in [1.54, 1.807) is 28.4 Å². The third kappa shape index (κ3) is 2.55. The molecule has 0 aliphatic carbocycles. The Morgan fingerprint density at radius 1 is 1.45 bits per heavy atom. The Bertz CT molecular complexity index is 529. The number of thiophene rings is 1. The number of ketones is 1. The van der Waals surface area contributed by atoms with Gasteiger partial charge < -0.3 is 9.64 Å². The molecule has 1 aromatic heterocycles. The molecular formula is C15H17NO3S. The van der Waals surface area contributed by atoms with Crippen molar-refractivity contribution in [2.24, 2.45) is 0 Å². The minimum absolute atomic E-state index is 0.0547. The van der Waals surface area contributed by atoms with Gasteiger partial charge in [-0.1, -0.05) is 6.07 Å². The van der Waals surface area contributed by atoms with E-state index in [0.29, 0.717) is 19.6 Å². The van der Waals surface area contributed by atoms with Crippen LogP contribution in [0, 0.1) is 0 Å². The summed E-state index contributed by atoms with van der Waals surface area (Å²) in [6, 6.07) is 3.90. The van der Waals surface area contributed by atoms with Crippen LogP contribution < -0.4 is 0 Å². The highest BCUT2D eigenvalue weighted by molar-refractivity contribution is 7.10. The summed E-state index contributed by atoms with van der Waals surface area (Å²) in [5.41, 5.74) is -0.589. The van der Waals surface area contributed by atoms with E-state index in [2.05, 4.69) is 0 Å². The zero-order chi connectivity index (χ0) is 14.0. The highest BCUT2D eigenvalue weighted by Crippen LogP contribution is 2.33. The van der Waals surface area contributed by atoms with Crippen molar-refractivity contribution >= 4 is 29.1 Å². The second kappa shape index (κ2) is 5.50. The number of carbonyl (C=O) groups excluding carboxylic acids is 2. The van der Waals surface area contributed by atoms with Crippen LogP contribution in [0.15, 0.2) is 23.6 Å². The average molecular weight is 291 g/mol. The topological polar surface area (TPSA) is 46.6 Å². The number of amides is 1. The van der Waals surface area contributed by atoms with Crippen molar-refractivity contribution in [2.75, 3.05) is 19.7 Å². The highest BCUT2D eigenvalue weighted by atomic mass is 32.1. The van der Waals surface area contributed by atoms with Crippen LogP contribution in [0.3, 0.4) is 0 Å². The lowest BCUT2D eigenvalue weighted by Gasteiger charge is -2.36. The molecule has 2 fully saturated rings. The Balaban J connectivity index is 1.62. The predicted molar refractivity (Wildman–Crippen MR) is 77.5 cm³/mol. The van der Waals surface area contributed by atoms with Crippen LogP contribution in [0.25, 0.3) is 6.08 Å². The first-order valence-electron chi connectivity index (χ1n) is 6.87. The lowest BCUT2D eigenvalue weighted by atomic mass is 9.87. The fourth-order valence-electron chi connectivity index (χ4n) is 2.80. The molecule has 106 valence electrons. The Morgan fingerprint density at radius 3 is 3.00 bits per heavy atom. The zero-order valence-corrected chi connectivity index (χ0v) is 12.0. The van der Waals surface area contributed by atoms with Crippen molar-refractivity contribution in [3.63, 3.8) is 0 Å². The van der Waals surface area contributed by atoms with Crippen LogP contribution in [0.1, 0.15) is 24.1 Å². The van der Waals surface area contributed by atoms with Gasteiger partial charge in [-0.25, -0.2) is 0 Å². The van der Waals surface area contributed by atoms with E-state index < -0.39 is 5.60 Å². The second-order valence-corrected chi connectivity index (χ2v) is 6.21. The first-order chi connectivity index (χ1) is 9.70. The molecule has 1 aromatic rings. The fourth-order valence-corrected chi connectivity index (χ4v) is 3.42. The third-order valence-corrected chi connectivity index (χ3v) is 4.81. The predicted octanol–water partition coefficient (Wildman–Crippen LogP) is 2.11. The molecule has 0 saturated carbocycles.